The van der Waals surface area contributed by atoms with Crippen molar-refractivity contribution in [2.24, 2.45) is 4.99 Å². The number of carbonyl (C=O) groups is 2. The highest BCUT2D eigenvalue weighted by Gasteiger charge is 2.40. The van der Waals surface area contributed by atoms with E-state index in [9.17, 15) is 22.8 Å². The van der Waals surface area contributed by atoms with Crippen LogP contribution in [0.25, 0.3) is 0 Å². The Hall–Kier alpha value is -2.78. The number of imide groups is 1. The second-order valence-corrected chi connectivity index (χ2v) is 7.54. The number of alkyl halides is 3. The van der Waals surface area contributed by atoms with Gasteiger partial charge in [-0.15, -0.1) is 0 Å². The molecular formula is C20H26F3N5O2. The number of amides is 3. The van der Waals surface area contributed by atoms with E-state index in [-0.39, 0.29) is 19.0 Å². The lowest BCUT2D eigenvalue weighted by Gasteiger charge is -2.41. The zero-order chi connectivity index (χ0) is 21.8. The summed E-state index contributed by atoms with van der Waals surface area (Å²) in [5.41, 5.74) is -0.398. The molecule has 3 rings (SSSR count). The third-order valence-electron chi connectivity index (χ3n) is 5.56. The molecule has 1 saturated heterocycles. The van der Waals surface area contributed by atoms with E-state index in [0.717, 1.165) is 30.2 Å². The second-order valence-electron chi connectivity index (χ2n) is 7.54. The molecule has 0 radical (unpaired) electrons. The van der Waals surface area contributed by atoms with Gasteiger partial charge in [0.15, 0.2) is 5.96 Å². The summed E-state index contributed by atoms with van der Waals surface area (Å²) < 4.78 is 39.3. The number of urea groups is 1. The number of hydrogen-bond donors (Lipinski definition) is 3. The molecule has 2 aliphatic rings. The summed E-state index contributed by atoms with van der Waals surface area (Å²) in [6.07, 6.45) is -1.87. The van der Waals surface area contributed by atoms with Crippen LogP contribution in [0.15, 0.2) is 29.3 Å². The molecule has 1 heterocycles. The fraction of sp³-hybridized carbons (Fsp3) is 0.550. The first-order valence-electron chi connectivity index (χ1n) is 10.0. The molecule has 10 heteroatoms. The molecule has 30 heavy (non-hydrogen) atoms. The van der Waals surface area contributed by atoms with Gasteiger partial charge >= 0.3 is 12.2 Å². The third kappa shape index (κ3) is 4.85. The Balaban J connectivity index is 1.66. The largest absolute Gasteiger partial charge is 0.416 e. The molecule has 0 unspecified atom stereocenters. The monoisotopic (exact) mass is 425 g/mol. The van der Waals surface area contributed by atoms with Gasteiger partial charge in [-0.3, -0.25) is 14.7 Å². The predicted octanol–water partition coefficient (Wildman–Crippen LogP) is 2.23. The van der Waals surface area contributed by atoms with Crippen LogP contribution in [0.1, 0.15) is 37.3 Å². The van der Waals surface area contributed by atoms with Crippen LogP contribution in [-0.4, -0.2) is 55.5 Å². The Kier molecular flexibility index (Phi) is 6.52. The van der Waals surface area contributed by atoms with Crippen LogP contribution in [0, 0.1) is 0 Å². The molecule has 0 aromatic heterocycles. The Labute approximate surface area is 173 Å². The summed E-state index contributed by atoms with van der Waals surface area (Å²) in [5.74, 6) is 0.226. The van der Waals surface area contributed by atoms with Crippen LogP contribution in [0.2, 0.25) is 0 Å². The number of benzene rings is 1. The first-order chi connectivity index (χ1) is 14.2. The standard InChI is InChI=1S/C20H26F3N5O2/c1-2-24-17(25-9-10-28-16(29)12-26-18(28)30)27-13-19(7-4-8-19)14-5-3-6-15(11-14)20(21,22)23/h3,5-6,11H,2,4,7-10,12-13H2,1H3,(H,26,30)(H2,24,25,27). The lowest BCUT2D eigenvalue weighted by Crippen LogP contribution is -2.44. The number of rotatable bonds is 7. The van der Waals surface area contributed by atoms with Gasteiger partial charge in [0, 0.05) is 25.0 Å². The van der Waals surface area contributed by atoms with Crippen molar-refractivity contribution in [3.63, 3.8) is 0 Å². The average Bonchev–Trinajstić information content (AvgIpc) is 2.98. The van der Waals surface area contributed by atoms with Gasteiger partial charge < -0.3 is 16.0 Å². The fourth-order valence-electron chi connectivity index (χ4n) is 3.71. The molecule has 0 bridgehead atoms. The molecule has 1 aliphatic carbocycles. The second kappa shape index (κ2) is 8.93. The number of aliphatic imine (C=N–C) groups is 1. The zero-order valence-corrected chi connectivity index (χ0v) is 16.8. The van der Waals surface area contributed by atoms with Gasteiger partial charge in [0.05, 0.1) is 18.7 Å². The summed E-state index contributed by atoms with van der Waals surface area (Å²) in [6, 6.07) is 5.08. The van der Waals surface area contributed by atoms with Crippen molar-refractivity contribution in [2.45, 2.75) is 37.8 Å². The topological polar surface area (TPSA) is 85.8 Å². The van der Waals surface area contributed by atoms with E-state index < -0.39 is 23.2 Å². The summed E-state index contributed by atoms with van der Waals surface area (Å²) in [6.45, 7) is 3.39. The molecule has 2 fully saturated rings. The minimum atomic E-state index is -4.38. The Morgan fingerprint density at radius 2 is 2.03 bits per heavy atom. The molecule has 3 amide bonds. The lowest BCUT2D eigenvalue weighted by atomic mass is 9.64. The van der Waals surface area contributed by atoms with Crippen molar-refractivity contribution in [1.29, 1.82) is 0 Å². The van der Waals surface area contributed by atoms with Crippen molar-refractivity contribution in [1.82, 2.24) is 20.9 Å². The summed E-state index contributed by atoms with van der Waals surface area (Å²) >= 11 is 0. The lowest BCUT2D eigenvalue weighted by molar-refractivity contribution is -0.137. The molecule has 1 aromatic rings. The number of hydrogen-bond acceptors (Lipinski definition) is 3. The van der Waals surface area contributed by atoms with E-state index >= 15 is 0 Å². The van der Waals surface area contributed by atoms with E-state index in [2.05, 4.69) is 20.9 Å². The van der Waals surface area contributed by atoms with Gasteiger partial charge in [-0.25, -0.2) is 4.79 Å². The minimum Gasteiger partial charge on any atom is -0.357 e. The third-order valence-corrected chi connectivity index (χ3v) is 5.56. The van der Waals surface area contributed by atoms with Crippen LogP contribution in [0.5, 0.6) is 0 Å². The van der Waals surface area contributed by atoms with Crippen molar-refractivity contribution < 1.29 is 22.8 Å². The molecular weight excluding hydrogens is 399 g/mol. The average molecular weight is 425 g/mol. The highest BCUT2D eigenvalue weighted by Crippen LogP contribution is 2.45. The van der Waals surface area contributed by atoms with Crippen molar-refractivity contribution in [2.75, 3.05) is 32.7 Å². The molecule has 7 nitrogen and oxygen atoms in total. The van der Waals surface area contributed by atoms with Gasteiger partial charge in [0.25, 0.3) is 0 Å². The first kappa shape index (κ1) is 21.9. The Bertz CT molecular complexity index is 805. The zero-order valence-electron chi connectivity index (χ0n) is 16.8. The molecule has 0 spiro atoms. The molecule has 0 atom stereocenters. The predicted molar refractivity (Wildman–Crippen MR) is 106 cm³/mol. The number of nitrogens with zero attached hydrogens (tertiary/aromatic N) is 2. The number of guanidine groups is 1. The Morgan fingerprint density at radius 1 is 1.27 bits per heavy atom. The van der Waals surface area contributed by atoms with E-state index in [1.807, 2.05) is 6.92 Å². The maximum atomic E-state index is 13.1. The first-order valence-corrected chi connectivity index (χ1v) is 10.0. The summed E-state index contributed by atoms with van der Waals surface area (Å²) in [7, 11) is 0. The molecule has 3 N–H and O–H groups in total. The molecule has 1 saturated carbocycles. The van der Waals surface area contributed by atoms with Crippen molar-refractivity contribution in [3.05, 3.63) is 35.4 Å². The number of carbonyl (C=O) groups excluding carboxylic acids is 2. The Morgan fingerprint density at radius 3 is 2.60 bits per heavy atom. The number of nitrogens with one attached hydrogen (secondary N) is 3. The summed E-state index contributed by atoms with van der Waals surface area (Å²) in [5, 5.41) is 8.63. The fourth-order valence-corrected chi connectivity index (χ4v) is 3.71. The molecule has 164 valence electrons. The van der Waals surface area contributed by atoms with Crippen LogP contribution in [0.3, 0.4) is 0 Å². The van der Waals surface area contributed by atoms with Crippen LogP contribution in [-0.2, 0) is 16.4 Å². The van der Waals surface area contributed by atoms with E-state index in [0.29, 0.717) is 31.2 Å². The minimum absolute atomic E-state index is 0.00645. The number of halogens is 3. The normalized spacial score (nSPS) is 18.8. The van der Waals surface area contributed by atoms with Gasteiger partial charge in [-0.05, 0) is 31.4 Å². The van der Waals surface area contributed by atoms with Crippen LogP contribution >= 0.6 is 0 Å². The van der Waals surface area contributed by atoms with E-state index in [1.165, 1.54) is 12.1 Å². The maximum Gasteiger partial charge on any atom is 0.416 e. The summed E-state index contributed by atoms with van der Waals surface area (Å²) in [4.78, 5) is 28.9. The quantitative estimate of drug-likeness (QED) is 0.355. The van der Waals surface area contributed by atoms with Gasteiger partial charge in [-0.1, -0.05) is 24.6 Å². The highest BCUT2D eigenvalue weighted by molar-refractivity contribution is 6.01. The SMILES string of the molecule is CCNC(=NCC1(c2cccc(C(F)(F)F)c2)CCC1)NCCN1C(=O)CNC1=O. The highest BCUT2D eigenvalue weighted by atomic mass is 19.4. The van der Waals surface area contributed by atoms with Gasteiger partial charge in [0.1, 0.15) is 0 Å². The maximum absolute atomic E-state index is 13.1. The van der Waals surface area contributed by atoms with Gasteiger partial charge in [0.2, 0.25) is 5.91 Å². The smallest absolute Gasteiger partial charge is 0.357 e. The molecule has 1 aromatic carbocycles. The van der Waals surface area contributed by atoms with Crippen LogP contribution in [0.4, 0.5) is 18.0 Å². The van der Waals surface area contributed by atoms with Crippen molar-refractivity contribution in [3.8, 4) is 0 Å². The van der Waals surface area contributed by atoms with Gasteiger partial charge in [-0.2, -0.15) is 13.2 Å². The van der Waals surface area contributed by atoms with E-state index in [1.54, 1.807) is 6.07 Å². The van der Waals surface area contributed by atoms with Crippen molar-refractivity contribution >= 4 is 17.9 Å². The van der Waals surface area contributed by atoms with Crippen LogP contribution < -0.4 is 16.0 Å². The molecule has 1 aliphatic heterocycles. The van der Waals surface area contributed by atoms with E-state index in [4.69, 9.17) is 0 Å².